The van der Waals surface area contributed by atoms with Crippen molar-refractivity contribution < 1.29 is 13.6 Å². The van der Waals surface area contributed by atoms with Gasteiger partial charge in [-0.05, 0) is 125 Å². The summed E-state index contributed by atoms with van der Waals surface area (Å²) < 4.78 is 21.6. The van der Waals surface area contributed by atoms with E-state index in [0.29, 0.717) is 0 Å². The van der Waals surface area contributed by atoms with Gasteiger partial charge in [-0.1, -0.05) is 303 Å². The van der Waals surface area contributed by atoms with Crippen molar-refractivity contribution in [3.8, 4) is 78.3 Å². The normalized spacial score (nSPS) is 12.4. The first-order valence-corrected chi connectivity index (χ1v) is 35.0. The molecule has 6 heteroatoms. The van der Waals surface area contributed by atoms with Crippen molar-refractivity contribution in [1.82, 2.24) is 0 Å². The van der Waals surface area contributed by atoms with Crippen LogP contribution in [0.4, 0.5) is 17.1 Å². The molecule has 15 aromatic carbocycles. The fourth-order valence-electron chi connectivity index (χ4n) is 15.8. The van der Waals surface area contributed by atoms with Gasteiger partial charge < -0.3 is 18.5 Å². The highest BCUT2D eigenvalue weighted by Gasteiger charge is 2.46. The number of anilines is 3. The monoisotopic (exact) mass is 1240 g/mol. The van der Waals surface area contributed by atoms with Crippen LogP contribution in [0.1, 0.15) is 0 Å². The third kappa shape index (κ3) is 8.76. The van der Waals surface area contributed by atoms with Crippen LogP contribution in [0.15, 0.2) is 361 Å². The highest BCUT2D eigenvalue weighted by Crippen LogP contribution is 2.52. The lowest BCUT2D eigenvalue weighted by atomic mass is 9.33. The van der Waals surface area contributed by atoms with Crippen molar-refractivity contribution in [3.05, 3.63) is 352 Å². The summed E-state index contributed by atoms with van der Waals surface area (Å²) in [5, 5.41) is 9.57. The number of furan rings is 2. The summed E-state index contributed by atoms with van der Waals surface area (Å²) in [6, 6.07) is 129. The molecule has 0 radical (unpaired) electrons. The Kier molecular flexibility index (Phi) is 13.0. The summed E-state index contributed by atoms with van der Waals surface area (Å²) in [6.45, 7) is -0.340. The Labute approximate surface area is 557 Å². The maximum absolute atomic E-state index is 7.87. The molecule has 17 aromatic rings. The molecule has 0 N–H and O–H groups in total. The van der Waals surface area contributed by atoms with E-state index in [1.165, 1.54) is 20.7 Å². The molecule has 0 bridgehead atoms. The number of ether oxygens (including phenoxy) is 1. The van der Waals surface area contributed by atoms with Crippen LogP contribution in [0.3, 0.4) is 0 Å². The van der Waals surface area contributed by atoms with Crippen LogP contribution in [0.2, 0.25) is 0 Å². The highest BCUT2D eigenvalue weighted by molar-refractivity contribution is 7.20. The molecule has 0 unspecified atom stereocenters. The molecule has 2 aliphatic rings. The van der Waals surface area contributed by atoms with Gasteiger partial charge in [0.1, 0.15) is 33.8 Å². The second-order valence-electron chi connectivity index (χ2n) is 25.3. The van der Waals surface area contributed by atoms with Gasteiger partial charge in [-0.15, -0.1) is 0 Å². The van der Waals surface area contributed by atoms with Gasteiger partial charge in [0.2, 0.25) is 0 Å². The Balaban J connectivity index is 0.924. The summed E-state index contributed by atoms with van der Waals surface area (Å²) in [5.41, 5.74) is 22.8. The minimum atomic E-state index is -2.99. The number of nitrogens with zero attached hydrogens (tertiary/aromatic N) is 1. The molecule has 448 valence electrons. The Morgan fingerprint density at radius 1 is 0.271 bits per heavy atom. The Morgan fingerprint density at radius 2 is 0.698 bits per heavy atom. The van der Waals surface area contributed by atoms with Crippen molar-refractivity contribution in [2.75, 3.05) is 4.90 Å². The van der Waals surface area contributed by atoms with E-state index >= 15 is 0 Å². The zero-order chi connectivity index (χ0) is 63.3. The van der Waals surface area contributed by atoms with E-state index in [-0.39, 0.29) is 6.71 Å². The van der Waals surface area contributed by atoms with Crippen molar-refractivity contribution in [2.24, 2.45) is 0 Å². The number of hydrogen-bond donors (Lipinski definition) is 0. The first-order chi connectivity index (χ1) is 47.6. The van der Waals surface area contributed by atoms with Crippen LogP contribution in [0.25, 0.3) is 111 Å². The molecule has 0 saturated heterocycles. The van der Waals surface area contributed by atoms with Crippen LogP contribution in [0.5, 0.6) is 11.5 Å². The van der Waals surface area contributed by atoms with Gasteiger partial charge in [0.25, 0.3) is 6.71 Å². The van der Waals surface area contributed by atoms with Crippen LogP contribution in [-0.4, -0.2) is 14.8 Å². The smallest absolute Gasteiger partial charge is 0.256 e. The molecule has 0 aliphatic carbocycles. The lowest BCUT2D eigenvalue weighted by Gasteiger charge is -2.42. The predicted octanol–water partition coefficient (Wildman–Crippen LogP) is 19.3. The third-order valence-corrected chi connectivity index (χ3v) is 24.9. The molecule has 0 atom stereocenters. The molecule has 0 spiro atoms. The van der Waals surface area contributed by atoms with Crippen LogP contribution < -0.4 is 46.8 Å². The van der Waals surface area contributed by atoms with E-state index in [2.05, 4.69) is 351 Å². The summed E-state index contributed by atoms with van der Waals surface area (Å²) in [6.07, 6.45) is 0. The van der Waals surface area contributed by atoms with Crippen LogP contribution >= 0.6 is 0 Å². The summed E-state index contributed by atoms with van der Waals surface area (Å²) in [5.74, 6) is 1.63. The lowest BCUT2D eigenvalue weighted by Crippen LogP contribution is -2.74. The minimum absolute atomic E-state index is 0.340. The van der Waals surface area contributed by atoms with E-state index in [1.807, 2.05) is 6.07 Å². The van der Waals surface area contributed by atoms with Gasteiger partial charge in [-0.2, -0.15) is 0 Å². The maximum Gasteiger partial charge on any atom is 0.256 e. The van der Waals surface area contributed by atoms with Gasteiger partial charge in [-0.3, -0.25) is 0 Å². The standard InChI is InChI=1S/C90H58BNO3Si/c1-7-26-59(27-8-1)65-55-77(60-28-9-2-10-29-60)87(78(56-65)61-30-11-3-12-31-61)92-81-51-48-63(70-42-24-44-75-73-40-19-21-46-83(73)93-88(70)75)57-79(81)91-80-58-64(71-43-25-45-76-74-41-20-22-47-84(74)94-89(71)76)49-53-85(80)95-90-72(50-52-82(92)86(90)91)62-32-23-39-69(54-62)96(66-33-13-4-14-34-66,67-35-15-5-16-36-67)68-37-17-6-18-38-68/h1-58H. The average Bonchev–Trinajstić information content (AvgIpc) is 0.854. The van der Waals surface area contributed by atoms with Gasteiger partial charge in [0, 0.05) is 60.7 Å². The van der Waals surface area contributed by atoms with E-state index in [4.69, 9.17) is 13.6 Å². The quantitative estimate of drug-likeness (QED) is 0.0956. The fraction of sp³-hybridized carbons (Fsp3) is 0. The summed E-state index contributed by atoms with van der Waals surface area (Å²) in [4.78, 5) is 2.57. The maximum atomic E-state index is 7.87. The van der Waals surface area contributed by atoms with Crippen LogP contribution in [-0.2, 0) is 0 Å². The van der Waals surface area contributed by atoms with Crippen molar-refractivity contribution in [1.29, 1.82) is 0 Å². The molecule has 2 aromatic heterocycles. The fourth-order valence-corrected chi connectivity index (χ4v) is 20.6. The number of hydrogen-bond acceptors (Lipinski definition) is 4. The highest BCUT2D eigenvalue weighted by atomic mass is 28.3. The van der Waals surface area contributed by atoms with E-state index in [0.717, 1.165) is 156 Å². The number of para-hydroxylation sites is 4. The summed E-state index contributed by atoms with van der Waals surface area (Å²) >= 11 is 0. The molecule has 4 nitrogen and oxygen atoms in total. The van der Waals surface area contributed by atoms with Crippen molar-refractivity contribution in [2.45, 2.75) is 0 Å². The molecule has 19 rings (SSSR count). The third-order valence-electron chi connectivity index (χ3n) is 20.1. The van der Waals surface area contributed by atoms with E-state index in [9.17, 15) is 0 Å². The van der Waals surface area contributed by atoms with Gasteiger partial charge in [0.15, 0.2) is 8.07 Å². The molecule has 2 aliphatic heterocycles. The first-order valence-electron chi connectivity index (χ1n) is 33.0. The molecule has 4 heterocycles. The lowest BCUT2D eigenvalue weighted by molar-refractivity contribution is 0.489. The Morgan fingerprint density at radius 3 is 1.25 bits per heavy atom. The van der Waals surface area contributed by atoms with Gasteiger partial charge >= 0.3 is 0 Å². The van der Waals surface area contributed by atoms with Crippen molar-refractivity contribution >= 4 is 113 Å². The average molecular weight is 1240 g/mol. The van der Waals surface area contributed by atoms with E-state index < -0.39 is 8.07 Å². The zero-order valence-corrected chi connectivity index (χ0v) is 53.2. The van der Waals surface area contributed by atoms with Gasteiger partial charge in [-0.25, -0.2) is 0 Å². The summed E-state index contributed by atoms with van der Waals surface area (Å²) in [7, 11) is -2.99. The van der Waals surface area contributed by atoms with Crippen molar-refractivity contribution in [3.63, 3.8) is 0 Å². The second-order valence-corrected chi connectivity index (χ2v) is 29.1. The predicted molar refractivity (Wildman–Crippen MR) is 403 cm³/mol. The number of fused-ring (bicyclic) bond motifs is 10. The van der Waals surface area contributed by atoms with Crippen LogP contribution in [0, 0.1) is 0 Å². The van der Waals surface area contributed by atoms with E-state index in [1.54, 1.807) is 0 Å². The molecule has 0 saturated carbocycles. The zero-order valence-electron chi connectivity index (χ0n) is 52.2. The second kappa shape index (κ2) is 22.5. The Bertz CT molecular complexity index is 5720. The Hall–Kier alpha value is -12.2. The number of rotatable bonds is 11. The SMILES string of the molecule is c1ccc(-c2cc(-c3ccccc3)c(N3c4ccc(-c5cccc6c5oc5ccccc56)cc4B4c5cc(-c6cccc7c6oc6ccccc67)ccc5Oc5c(-c6cccc([Si](c7ccccc7)(c7ccccc7)c7ccccc7)c6)ccc3c54)c(-c3ccccc3)c2)cc1. The molecular weight excluding hydrogens is 1180 g/mol. The molecular formula is C90H58BNO3Si. The molecule has 0 fully saturated rings. The topological polar surface area (TPSA) is 38.8 Å². The minimum Gasteiger partial charge on any atom is -0.458 e. The largest absolute Gasteiger partial charge is 0.458 e. The van der Waals surface area contributed by atoms with Gasteiger partial charge in [0.05, 0.1) is 5.69 Å². The molecule has 0 amide bonds. The first kappa shape index (κ1) is 55.4. The number of benzene rings is 15. The molecule has 96 heavy (non-hydrogen) atoms.